The van der Waals surface area contributed by atoms with Crippen molar-refractivity contribution >= 4 is 29.4 Å². The average Bonchev–Trinajstić information content (AvgIpc) is 3.04. The van der Waals surface area contributed by atoms with E-state index in [2.05, 4.69) is 17.6 Å². The highest BCUT2D eigenvalue weighted by Crippen LogP contribution is 2.55. The molecular weight excluding hydrogens is 600 g/mol. The lowest BCUT2D eigenvalue weighted by atomic mass is 9.53. The van der Waals surface area contributed by atoms with Gasteiger partial charge in [0.1, 0.15) is 0 Å². The lowest BCUT2D eigenvalue weighted by molar-refractivity contribution is -0.268. The first-order valence-corrected chi connectivity index (χ1v) is 17.4. The second-order valence-corrected chi connectivity index (χ2v) is 15.0. The molecule has 3 aromatic carbocycles. The maximum atomic E-state index is 13.1. The number of amides is 2. The van der Waals surface area contributed by atoms with Gasteiger partial charge in [-0.1, -0.05) is 43.3 Å². The standard InChI is InChI=1S/C37H42N2O6S/c1-22-32(21-46-31-12-8-28(9-13-31)34(41)42)44-35(45-33(22)27-4-2-23(20-40)3-5-27)29-6-10-30(11-7-29)38-36(43)39-37-17-24-14-25(18-37)16-26(15-24)19-37/h2-13,22,24-26,32-33,35,40H,14-21H2,1H3,(H,41,42)(H2,38,39,43)/t22-,24?,25?,26?,32+,33+,35+,37?/m0/s1. The molecule has 3 aromatic rings. The second kappa shape index (κ2) is 13.0. The molecule has 2 amide bonds. The number of hydrogen-bond donors (Lipinski definition) is 4. The summed E-state index contributed by atoms with van der Waals surface area (Å²) >= 11 is 1.62. The van der Waals surface area contributed by atoms with Crippen molar-refractivity contribution in [1.29, 1.82) is 0 Å². The molecule has 5 aliphatic rings. The lowest BCUT2D eigenvalue weighted by Crippen LogP contribution is -2.60. The molecule has 5 fully saturated rings. The van der Waals surface area contributed by atoms with Crippen molar-refractivity contribution in [3.63, 3.8) is 0 Å². The molecule has 4 bridgehead atoms. The minimum absolute atomic E-state index is 0.0199. The van der Waals surface area contributed by atoms with Crippen molar-refractivity contribution in [2.75, 3.05) is 11.1 Å². The first-order valence-electron chi connectivity index (χ1n) is 16.4. The summed E-state index contributed by atoms with van der Waals surface area (Å²) in [6, 6.07) is 22.3. The zero-order valence-electron chi connectivity index (χ0n) is 26.1. The van der Waals surface area contributed by atoms with Gasteiger partial charge in [0.2, 0.25) is 0 Å². The summed E-state index contributed by atoms with van der Waals surface area (Å²) in [6.45, 7) is 2.10. The Morgan fingerprint density at radius 3 is 2.04 bits per heavy atom. The smallest absolute Gasteiger partial charge is 0.335 e. The summed E-state index contributed by atoms with van der Waals surface area (Å²) < 4.78 is 13.2. The van der Waals surface area contributed by atoms with Crippen LogP contribution in [0.4, 0.5) is 10.5 Å². The molecule has 1 aliphatic heterocycles. The third-order valence-electron chi connectivity index (χ3n) is 10.5. The highest BCUT2D eigenvalue weighted by atomic mass is 32.2. The van der Waals surface area contributed by atoms with Crippen LogP contribution in [-0.2, 0) is 16.1 Å². The number of benzene rings is 3. The van der Waals surface area contributed by atoms with Gasteiger partial charge in [-0.2, -0.15) is 0 Å². The van der Waals surface area contributed by atoms with Gasteiger partial charge in [-0.3, -0.25) is 0 Å². The fourth-order valence-electron chi connectivity index (χ4n) is 8.57. The molecule has 242 valence electrons. The molecule has 4 saturated carbocycles. The zero-order chi connectivity index (χ0) is 31.8. The summed E-state index contributed by atoms with van der Waals surface area (Å²) in [7, 11) is 0. The first-order chi connectivity index (χ1) is 22.3. The van der Waals surface area contributed by atoms with E-state index < -0.39 is 12.3 Å². The van der Waals surface area contributed by atoms with Crippen LogP contribution in [0.25, 0.3) is 0 Å². The average molecular weight is 643 g/mol. The first kappa shape index (κ1) is 31.2. The largest absolute Gasteiger partial charge is 0.478 e. The third kappa shape index (κ3) is 6.69. The van der Waals surface area contributed by atoms with E-state index in [9.17, 15) is 19.8 Å². The predicted octanol–water partition coefficient (Wildman–Crippen LogP) is 7.55. The fourth-order valence-corrected chi connectivity index (χ4v) is 9.64. The van der Waals surface area contributed by atoms with Crippen molar-refractivity contribution in [1.82, 2.24) is 5.32 Å². The number of carboxylic acid groups (broad SMARTS) is 1. The maximum Gasteiger partial charge on any atom is 0.335 e. The molecule has 4 atom stereocenters. The van der Waals surface area contributed by atoms with Crippen molar-refractivity contribution in [3.05, 3.63) is 95.1 Å². The number of aliphatic hydroxyl groups excluding tert-OH is 1. The number of carbonyl (C=O) groups is 2. The quantitative estimate of drug-likeness (QED) is 0.178. The third-order valence-corrected chi connectivity index (χ3v) is 11.6. The van der Waals surface area contributed by atoms with Crippen LogP contribution in [0, 0.1) is 23.7 Å². The van der Waals surface area contributed by atoms with Crippen LogP contribution < -0.4 is 10.6 Å². The summed E-state index contributed by atoms with van der Waals surface area (Å²) in [6.07, 6.45) is 6.32. The van der Waals surface area contributed by atoms with E-state index in [1.165, 1.54) is 19.3 Å². The van der Waals surface area contributed by atoms with Crippen molar-refractivity contribution in [3.8, 4) is 0 Å². The Hall–Kier alpha value is -3.37. The van der Waals surface area contributed by atoms with Gasteiger partial charge >= 0.3 is 12.0 Å². The van der Waals surface area contributed by atoms with Gasteiger partial charge in [0.25, 0.3) is 0 Å². The Labute approximate surface area is 274 Å². The molecule has 0 unspecified atom stereocenters. The number of hydrogen-bond acceptors (Lipinski definition) is 6. The number of ether oxygens (including phenoxy) is 2. The number of rotatable bonds is 9. The molecule has 1 heterocycles. The van der Waals surface area contributed by atoms with E-state index in [0.717, 1.165) is 64.3 Å². The van der Waals surface area contributed by atoms with Crippen LogP contribution in [0.3, 0.4) is 0 Å². The molecule has 0 spiro atoms. The van der Waals surface area contributed by atoms with Gasteiger partial charge in [0.15, 0.2) is 6.29 Å². The lowest BCUT2D eigenvalue weighted by Gasteiger charge is -2.56. The molecular formula is C37H42N2O6S. The molecule has 9 heteroatoms. The normalized spacial score (nSPS) is 31.4. The summed E-state index contributed by atoms with van der Waals surface area (Å²) in [5.41, 5.74) is 3.65. The van der Waals surface area contributed by atoms with E-state index in [1.54, 1.807) is 23.9 Å². The van der Waals surface area contributed by atoms with Crippen LogP contribution in [-0.4, -0.2) is 39.6 Å². The molecule has 4 aliphatic carbocycles. The van der Waals surface area contributed by atoms with Crippen molar-refractivity contribution in [2.24, 2.45) is 23.7 Å². The number of aromatic carboxylic acids is 1. The highest BCUT2D eigenvalue weighted by Gasteiger charge is 2.51. The van der Waals surface area contributed by atoms with Crippen LogP contribution in [0.2, 0.25) is 0 Å². The van der Waals surface area contributed by atoms with Gasteiger partial charge in [0.05, 0.1) is 24.4 Å². The Morgan fingerprint density at radius 1 is 0.848 bits per heavy atom. The minimum atomic E-state index is -0.944. The number of carboxylic acids is 1. The van der Waals surface area contributed by atoms with Crippen molar-refractivity contribution in [2.45, 2.75) is 81.0 Å². The van der Waals surface area contributed by atoms with E-state index >= 15 is 0 Å². The molecule has 0 radical (unpaired) electrons. The number of thioether (sulfide) groups is 1. The highest BCUT2D eigenvalue weighted by molar-refractivity contribution is 7.99. The number of urea groups is 1. The Kier molecular flexibility index (Phi) is 8.85. The van der Waals surface area contributed by atoms with Crippen LogP contribution >= 0.6 is 11.8 Å². The summed E-state index contributed by atoms with van der Waals surface area (Å²) in [4.78, 5) is 25.4. The second-order valence-electron chi connectivity index (χ2n) is 13.9. The molecule has 8 rings (SSSR count). The van der Waals surface area contributed by atoms with Crippen LogP contribution in [0.5, 0.6) is 0 Å². The van der Waals surface area contributed by atoms with E-state index in [0.29, 0.717) is 5.75 Å². The molecule has 8 nitrogen and oxygen atoms in total. The van der Waals surface area contributed by atoms with Crippen molar-refractivity contribution < 1.29 is 29.3 Å². The summed E-state index contributed by atoms with van der Waals surface area (Å²) in [5.74, 6) is 2.03. The van der Waals surface area contributed by atoms with Gasteiger partial charge in [-0.15, -0.1) is 11.8 Å². The molecule has 46 heavy (non-hydrogen) atoms. The number of nitrogens with one attached hydrogen (secondary N) is 2. The fraction of sp³-hybridized carbons (Fsp3) is 0.459. The Balaban J connectivity index is 1.04. The molecule has 1 saturated heterocycles. The monoisotopic (exact) mass is 642 g/mol. The number of carbonyl (C=O) groups excluding carboxylic acids is 1. The van der Waals surface area contributed by atoms with Gasteiger partial charge < -0.3 is 30.3 Å². The minimum Gasteiger partial charge on any atom is -0.478 e. The SMILES string of the molecule is C[C@H]1[C@@H](CSc2ccc(C(=O)O)cc2)O[C@@H](c2ccc(NC(=O)NC34CC5CC(CC(C5)C3)C4)cc2)O[C@H]1c1ccc(CO)cc1. The van der Waals surface area contributed by atoms with E-state index in [-0.39, 0.29) is 41.9 Å². The van der Waals surface area contributed by atoms with Crippen LogP contribution in [0.1, 0.15) is 84.9 Å². The molecule has 4 N–H and O–H groups in total. The van der Waals surface area contributed by atoms with Crippen LogP contribution in [0.15, 0.2) is 77.7 Å². The zero-order valence-corrected chi connectivity index (χ0v) is 26.9. The Bertz CT molecular complexity index is 1510. The number of anilines is 1. The van der Waals surface area contributed by atoms with Gasteiger partial charge in [0, 0.05) is 33.4 Å². The van der Waals surface area contributed by atoms with Gasteiger partial charge in [-0.25, -0.2) is 9.59 Å². The van der Waals surface area contributed by atoms with Gasteiger partial charge in [-0.05, 0) is 104 Å². The number of aliphatic hydroxyl groups is 1. The van der Waals surface area contributed by atoms with E-state index in [1.807, 2.05) is 60.7 Å². The Morgan fingerprint density at radius 2 is 1.46 bits per heavy atom. The molecule has 0 aromatic heterocycles. The predicted molar refractivity (Wildman–Crippen MR) is 177 cm³/mol. The topological polar surface area (TPSA) is 117 Å². The van der Waals surface area contributed by atoms with E-state index in [4.69, 9.17) is 9.47 Å². The maximum absolute atomic E-state index is 13.1. The summed E-state index contributed by atoms with van der Waals surface area (Å²) in [5, 5.41) is 25.2.